The number of amides is 1. The van der Waals surface area contributed by atoms with E-state index in [4.69, 9.17) is 21.8 Å². The van der Waals surface area contributed by atoms with E-state index in [1.807, 2.05) is 0 Å². The van der Waals surface area contributed by atoms with Crippen LogP contribution in [0.1, 0.15) is 75.3 Å². The van der Waals surface area contributed by atoms with E-state index in [1.54, 1.807) is 12.1 Å². The molecule has 1 amide bonds. The number of nitrogens with zero attached hydrogens (tertiary/aromatic N) is 2. The van der Waals surface area contributed by atoms with Gasteiger partial charge in [-0.05, 0) is 38.0 Å². The number of carbonyl (C=O) groups is 2. The average Bonchev–Trinajstić information content (AvgIpc) is 3.71. The van der Waals surface area contributed by atoms with Gasteiger partial charge in [0.1, 0.15) is 0 Å². The number of hydrogen-bond acceptors (Lipinski definition) is 5. The molecule has 1 aliphatic carbocycles. The third-order valence-electron chi connectivity index (χ3n) is 6.90. The van der Waals surface area contributed by atoms with E-state index >= 15 is 0 Å². The second-order valence-corrected chi connectivity index (χ2v) is 10.1. The SMILES string of the molecule is [2H]C([2H])(O)C1(C([2H])([2H])OC2(c3ccc(C(C)(F)F)cc3)c3ccc(C(C)=O)cc3C(=O)N2Cc2ccc(Cl)cn2)CC1. The number of benzene rings is 2. The van der Waals surface area contributed by atoms with Gasteiger partial charge in [0.25, 0.3) is 11.8 Å². The van der Waals surface area contributed by atoms with Crippen LogP contribution in [0.4, 0.5) is 8.78 Å². The maximum absolute atomic E-state index is 14.2. The molecule has 5 rings (SSSR count). The van der Waals surface area contributed by atoms with Crippen LogP contribution in [0.25, 0.3) is 0 Å². The molecule has 1 unspecified atom stereocenters. The summed E-state index contributed by atoms with van der Waals surface area (Å²) >= 11 is 6.00. The zero-order valence-electron chi connectivity index (χ0n) is 24.6. The van der Waals surface area contributed by atoms with E-state index < -0.39 is 36.1 Å². The van der Waals surface area contributed by atoms with Crippen molar-refractivity contribution in [2.45, 2.75) is 44.9 Å². The lowest BCUT2D eigenvalue weighted by atomic mass is 9.90. The highest BCUT2D eigenvalue weighted by Crippen LogP contribution is 2.51. The van der Waals surface area contributed by atoms with Crippen LogP contribution >= 0.6 is 11.6 Å². The molecule has 9 heteroatoms. The van der Waals surface area contributed by atoms with E-state index in [0.29, 0.717) is 10.7 Å². The van der Waals surface area contributed by atoms with E-state index in [-0.39, 0.29) is 53.0 Å². The van der Waals surface area contributed by atoms with Gasteiger partial charge in [0.05, 0.1) is 35.9 Å². The number of ether oxygens (including phenoxy) is 1. The van der Waals surface area contributed by atoms with E-state index in [0.717, 1.165) is 24.0 Å². The summed E-state index contributed by atoms with van der Waals surface area (Å²) in [6.45, 7) is -4.09. The molecule has 1 N–H and O–H groups in total. The van der Waals surface area contributed by atoms with Crippen molar-refractivity contribution in [3.05, 3.63) is 99.3 Å². The van der Waals surface area contributed by atoms with Crippen LogP contribution in [-0.2, 0) is 22.9 Å². The first kappa shape index (κ1) is 21.7. The molecule has 2 heterocycles. The standard InChI is InChI=1S/C29H27ClF2N2O4/c1-18(36)19-3-10-25-24(13-19)26(37)34(15-23-9-8-22(30)14-33-23)29(25,38-17-28(16-35)11-12-28)21-6-4-20(5-7-21)27(2,31)32/h3-10,13-14,35H,11-12,15-17H2,1-2H3/i16D2,17D2. The van der Waals surface area contributed by atoms with Gasteiger partial charge in [-0.3, -0.25) is 19.5 Å². The van der Waals surface area contributed by atoms with Crippen LogP contribution in [0, 0.1) is 5.41 Å². The molecule has 38 heavy (non-hydrogen) atoms. The van der Waals surface area contributed by atoms with Gasteiger partial charge in [0.15, 0.2) is 11.5 Å². The van der Waals surface area contributed by atoms with Crippen molar-refractivity contribution in [3.8, 4) is 0 Å². The number of aliphatic hydroxyl groups is 1. The van der Waals surface area contributed by atoms with Gasteiger partial charge in [0, 0.05) is 46.4 Å². The molecule has 0 saturated heterocycles. The molecule has 198 valence electrons. The summed E-state index contributed by atoms with van der Waals surface area (Å²) in [6, 6.07) is 12.2. The first-order chi connectivity index (χ1) is 19.4. The second-order valence-electron chi connectivity index (χ2n) is 9.68. The Balaban J connectivity index is 1.78. The summed E-state index contributed by atoms with van der Waals surface area (Å²) in [4.78, 5) is 31.8. The Labute approximate surface area is 229 Å². The number of ketones is 1. The molecule has 1 atom stereocenters. The molecule has 2 aromatic carbocycles. The fourth-order valence-corrected chi connectivity index (χ4v) is 4.63. The quantitative estimate of drug-likeness (QED) is 0.350. The number of alkyl halides is 2. The Bertz CT molecular complexity index is 1560. The molecule has 0 spiro atoms. The van der Waals surface area contributed by atoms with Crippen molar-refractivity contribution >= 4 is 23.3 Å². The summed E-state index contributed by atoms with van der Waals surface area (Å²) in [6.07, 6.45) is 1.25. The summed E-state index contributed by atoms with van der Waals surface area (Å²) in [7, 11) is 0. The predicted octanol–water partition coefficient (Wildman–Crippen LogP) is 5.70. The minimum atomic E-state index is -3.20. The molecule has 2 aliphatic rings. The molecule has 3 aromatic rings. The van der Waals surface area contributed by atoms with E-state index in [2.05, 4.69) is 4.98 Å². The maximum atomic E-state index is 14.2. The number of carbonyl (C=O) groups excluding carboxylic acids is 2. The first-order valence-electron chi connectivity index (χ1n) is 13.9. The van der Waals surface area contributed by atoms with Crippen molar-refractivity contribution in [1.29, 1.82) is 0 Å². The minimum Gasteiger partial charge on any atom is -0.396 e. The fraction of sp³-hybridized carbons (Fsp3) is 0.345. The second kappa shape index (κ2) is 9.52. The van der Waals surface area contributed by atoms with Gasteiger partial charge in [-0.2, -0.15) is 0 Å². The Hall–Kier alpha value is -3.20. The summed E-state index contributed by atoms with van der Waals surface area (Å²) in [5.74, 6) is -4.19. The highest BCUT2D eigenvalue weighted by Gasteiger charge is 2.55. The van der Waals surface area contributed by atoms with Crippen LogP contribution in [0.5, 0.6) is 0 Å². The zero-order valence-corrected chi connectivity index (χ0v) is 21.4. The van der Waals surface area contributed by atoms with Crippen LogP contribution in [0.3, 0.4) is 0 Å². The third-order valence-corrected chi connectivity index (χ3v) is 7.12. The number of halogens is 3. The molecule has 1 saturated carbocycles. The van der Waals surface area contributed by atoms with Crippen LogP contribution in [-0.4, -0.2) is 39.8 Å². The summed E-state index contributed by atoms with van der Waals surface area (Å²) in [5.41, 5.74) is -3.71. The van der Waals surface area contributed by atoms with E-state index in [1.165, 1.54) is 43.5 Å². The van der Waals surface area contributed by atoms with Gasteiger partial charge in [-0.1, -0.05) is 48.0 Å². The lowest BCUT2D eigenvalue weighted by Gasteiger charge is -2.40. The van der Waals surface area contributed by atoms with Crippen molar-refractivity contribution in [2.24, 2.45) is 5.41 Å². The van der Waals surface area contributed by atoms with Gasteiger partial charge >= 0.3 is 0 Å². The van der Waals surface area contributed by atoms with Crippen LogP contribution in [0.15, 0.2) is 60.8 Å². The normalized spacial score (nSPS) is 22.3. The molecular formula is C29H27ClF2N2O4. The Morgan fingerprint density at radius 1 is 1.21 bits per heavy atom. The minimum absolute atomic E-state index is 0.00853. The van der Waals surface area contributed by atoms with Crippen molar-refractivity contribution in [2.75, 3.05) is 13.1 Å². The molecule has 1 aliphatic heterocycles. The Morgan fingerprint density at radius 2 is 1.92 bits per heavy atom. The topological polar surface area (TPSA) is 79.7 Å². The zero-order chi connectivity index (χ0) is 30.9. The highest BCUT2D eigenvalue weighted by molar-refractivity contribution is 6.30. The highest BCUT2D eigenvalue weighted by atomic mass is 35.5. The summed E-state index contributed by atoms with van der Waals surface area (Å²) < 4.78 is 68.4. The molecule has 1 fully saturated rings. The number of pyridine rings is 1. The third kappa shape index (κ3) is 4.61. The molecule has 6 nitrogen and oxygen atoms in total. The molecule has 0 bridgehead atoms. The number of aromatic nitrogens is 1. The largest absolute Gasteiger partial charge is 0.396 e. The number of fused-ring (bicyclic) bond motifs is 1. The van der Waals surface area contributed by atoms with E-state index in [9.17, 15) is 23.5 Å². The molecule has 0 radical (unpaired) electrons. The van der Waals surface area contributed by atoms with Crippen molar-refractivity contribution in [1.82, 2.24) is 9.88 Å². The average molecular weight is 545 g/mol. The van der Waals surface area contributed by atoms with Crippen molar-refractivity contribution in [3.63, 3.8) is 0 Å². The summed E-state index contributed by atoms with van der Waals surface area (Å²) in [5, 5.41) is 10.7. The lowest BCUT2D eigenvalue weighted by Crippen LogP contribution is -2.47. The number of rotatable bonds is 9. The van der Waals surface area contributed by atoms with Crippen LogP contribution < -0.4 is 0 Å². The number of Topliss-reactive ketones (excluding diaryl/α,β-unsaturated/α-hetero) is 1. The molecule has 1 aromatic heterocycles. The Morgan fingerprint density at radius 3 is 2.47 bits per heavy atom. The van der Waals surface area contributed by atoms with Gasteiger partial charge < -0.3 is 9.84 Å². The predicted molar refractivity (Wildman–Crippen MR) is 137 cm³/mol. The van der Waals surface area contributed by atoms with Gasteiger partial charge in [0.2, 0.25) is 0 Å². The van der Waals surface area contributed by atoms with Crippen molar-refractivity contribution < 1.29 is 33.7 Å². The Kier molecular flexibility index (Phi) is 5.44. The fourth-order valence-electron chi connectivity index (χ4n) is 4.52. The first-order valence-corrected chi connectivity index (χ1v) is 12.3. The monoisotopic (exact) mass is 544 g/mol. The van der Waals surface area contributed by atoms with Gasteiger partial charge in [-0.25, -0.2) is 8.78 Å². The molecular weight excluding hydrogens is 514 g/mol. The van der Waals surface area contributed by atoms with Gasteiger partial charge in [-0.15, -0.1) is 0 Å². The maximum Gasteiger partial charge on any atom is 0.270 e. The van der Waals surface area contributed by atoms with Crippen LogP contribution in [0.2, 0.25) is 5.02 Å². The number of hydrogen-bond donors (Lipinski definition) is 1. The lowest BCUT2D eigenvalue weighted by molar-refractivity contribution is -0.129. The smallest absolute Gasteiger partial charge is 0.270 e.